The van der Waals surface area contributed by atoms with E-state index in [1.165, 1.54) is 27.6 Å². The second kappa shape index (κ2) is 5.98. The molecule has 1 heteroatoms. The minimum absolute atomic E-state index is 1.20. The molecule has 1 nitrogen and oxygen atoms in total. The van der Waals surface area contributed by atoms with Crippen molar-refractivity contribution in [1.29, 1.82) is 0 Å². The van der Waals surface area contributed by atoms with E-state index in [1.807, 2.05) is 12.1 Å². The molecule has 0 saturated heterocycles. The van der Waals surface area contributed by atoms with E-state index < -0.39 is 0 Å². The fraction of sp³-hybridized carbons (Fsp3) is 0. The van der Waals surface area contributed by atoms with Gasteiger partial charge >= 0.3 is 0 Å². The summed E-state index contributed by atoms with van der Waals surface area (Å²) in [5.41, 5.74) is 4.93. The molecule has 4 aromatic rings. The highest BCUT2D eigenvalue weighted by Crippen LogP contribution is 2.25. The Hall–Kier alpha value is -3.06. The van der Waals surface area contributed by atoms with Crippen LogP contribution < -0.4 is 0 Å². The van der Waals surface area contributed by atoms with Crippen LogP contribution in [0.15, 0.2) is 91.1 Å². The summed E-state index contributed by atoms with van der Waals surface area (Å²) >= 11 is 0. The van der Waals surface area contributed by atoms with E-state index in [2.05, 4.69) is 95.8 Å². The molecule has 0 fully saturated rings. The first-order chi connectivity index (χ1) is 11.4. The highest BCUT2D eigenvalue weighted by molar-refractivity contribution is 5.87. The van der Waals surface area contributed by atoms with Crippen LogP contribution in [-0.2, 0) is 0 Å². The van der Waals surface area contributed by atoms with Crippen molar-refractivity contribution in [3.63, 3.8) is 0 Å². The summed E-state index contributed by atoms with van der Waals surface area (Å²) in [4.78, 5) is 0. The molecular formula is C22H17N. The summed E-state index contributed by atoms with van der Waals surface area (Å²) in [7, 11) is 0. The van der Waals surface area contributed by atoms with E-state index in [4.69, 9.17) is 0 Å². The lowest BCUT2D eigenvalue weighted by atomic mass is 10.0. The van der Waals surface area contributed by atoms with Crippen LogP contribution >= 0.6 is 0 Å². The molecule has 0 N–H and O–H groups in total. The van der Waals surface area contributed by atoms with Crippen molar-refractivity contribution in [2.24, 2.45) is 0 Å². The molecule has 3 aromatic carbocycles. The van der Waals surface area contributed by atoms with Gasteiger partial charge in [0.05, 0.1) is 5.52 Å². The van der Waals surface area contributed by atoms with Crippen LogP contribution in [0.3, 0.4) is 0 Å². The number of aromatic nitrogens is 1. The lowest BCUT2D eigenvalue weighted by Gasteiger charge is -2.03. The van der Waals surface area contributed by atoms with Crippen LogP contribution in [-0.4, -0.2) is 4.57 Å². The molecule has 4 rings (SSSR count). The molecule has 23 heavy (non-hydrogen) atoms. The first-order valence-electron chi connectivity index (χ1n) is 7.79. The van der Waals surface area contributed by atoms with Gasteiger partial charge in [0.1, 0.15) is 0 Å². The monoisotopic (exact) mass is 295 g/mol. The van der Waals surface area contributed by atoms with Gasteiger partial charge in [0.2, 0.25) is 0 Å². The molecule has 0 radical (unpaired) electrons. The van der Waals surface area contributed by atoms with E-state index in [-0.39, 0.29) is 0 Å². The van der Waals surface area contributed by atoms with Gasteiger partial charge in [-0.1, -0.05) is 66.7 Å². The standard InChI is InChI=1S/C22H17N/c1-3-7-18(8-4-1)13-15-23-16-14-21-17-20(11-12-22(21)23)19-9-5-2-6-10-19/h1-17H/b15-13-. The van der Waals surface area contributed by atoms with E-state index in [0.29, 0.717) is 0 Å². The molecule has 0 spiro atoms. The Kier molecular flexibility index (Phi) is 3.53. The normalized spacial score (nSPS) is 11.3. The second-order valence-corrected chi connectivity index (χ2v) is 5.59. The molecule has 0 atom stereocenters. The van der Waals surface area contributed by atoms with Crippen molar-refractivity contribution in [1.82, 2.24) is 4.57 Å². The SMILES string of the molecule is C(=C/n1ccc2cc(-c3ccccc3)ccc21)/c1ccccc1. The maximum Gasteiger partial charge on any atom is 0.0522 e. The number of hydrogen-bond acceptors (Lipinski definition) is 0. The van der Waals surface area contributed by atoms with Crippen LogP contribution in [0.2, 0.25) is 0 Å². The fourth-order valence-electron chi connectivity index (χ4n) is 2.83. The minimum Gasteiger partial charge on any atom is -0.323 e. The van der Waals surface area contributed by atoms with Gasteiger partial charge in [0.15, 0.2) is 0 Å². The zero-order valence-electron chi connectivity index (χ0n) is 12.8. The maximum atomic E-state index is 2.25. The van der Waals surface area contributed by atoms with Crippen molar-refractivity contribution in [2.45, 2.75) is 0 Å². The van der Waals surface area contributed by atoms with E-state index >= 15 is 0 Å². The summed E-state index contributed by atoms with van der Waals surface area (Å²) in [5, 5.41) is 1.25. The molecule has 0 aliphatic heterocycles. The van der Waals surface area contributed by atoms with Crippen LogP contribution in [0.25, 0.3) is 34.3 Å². The van der Waals surface area contributed by atoms with Crippen molar-refractivity contribution < 1.29 is 0 Å². The molecular weight excluding hydrogens is 278 g/mol. The third kappa shape index (κ3) is 2.82. The zero-order valence-corrected chi connectivity index (χ0v) is 12.8. The first-order valence-corrected chi connectivity index (χ1v) is 7.79. The van der Waals surface area contributed by atoms with Gasteiger partial charge in [0.25, 0.3) is 0 Å². The first kappa shape index (κ1) is 13.6. The van der Waals surface area contributed by atoms with Crippen LogP contribution in [0.4, 0.5) is 0 Å². The van der Waals surface area contributed by atoms with Gasteiger partial charge < -0.3 is 4.57 Å². The average molecular weight is 295 g/mol. The van der Waals surface area contributed by atoms with Crippen LogP contribution in [0, 0.1) is 0 Å². The van der Waals surface area contributed by atoms with E-state index in [9.17, 15) is 0 Å². The number of fused-ring (bicyclic) bond motifs is 1. The lowest BCUT2D eigenvalue weighted by Crippen LogP contribution is -1.83. The number of rotatable bonds is 3. The zero-order chi connectivity index (χ0) is 15.5. The third-order valence-electron chi connectivity index (χ3n) is 4.05. The Morgan fingerprint density at radius 3 is 2.17 bits per heavy atom. The van der Waals surface area contributed by atoms with Gasteiger partial charge in [-0.25, -0.2) is 0 Å². The Morgan fingerprint density at radius 1 is 0.652 bits per heavy atom. The second-order valence-electron chi connectivity index (χ2n) is 5.59. The maximum absolute atomic E-state index is 2.25. The summed E-state index contributed by atoms with van der Waals surface area (Å²) in [6.07, 6.45) is 6.35. The molecule has 0 amide bonds. The Labute approximate surface area is 136 Å². The van der Waals surface area contributed by atoms with Crippen molar-refractivity contribution in [2.75, 3.05) is 0 Å². The average Bonchev–Trinajstić information content (AvgIpc) is 3.04. The molecule has 110 valence electrons. The predicted octanol–water partition coefficient (Wildman–Crippen LogP) is 5.94. The molecule has 0 saturated carbocycles. The van der Waals surface area contributed by atoms with Crippen molar-refractivity contribution >= 4 is 23.2 Å². The molecule has 0 aliphatic rings. The number of hydrogen-bond donors (Lipinski definition) is 0. The van der Waals surface area contributed by atoms with E-state index in [0.717, 1.165) is 0 Å². The van der Waals surface area contributed by atoms with Gasteiger partial charge in [-0.05, 0) is 41.0 Å². The Bertz CT molecular complexity index is 947. The Balaban J connectivity index is 1.69. The number of nitrogens with zero attached hydrogens (tertiary/aromatic N) is 1. The highest BCUT2D eigenvalue weighted by atomic mass is 14.9. The molecule has 1 aromatic heterocycles. The quantitative estimate of drug-likeness (QED) is 0.441. The largest absolute Gasteiger partial charge is 0.323 e. The van der Waals surface area contributed by atoms with Gasteiger partial charge in [-0.3, -0.25) is 0 Å². The smallest absolute Gasteiger partial charge is 0.0522 e. The Morgan fingerprint density at radius 2 is 1.39 bits per heavy atom. The van der Waals surface area contributed by atoms with E-state index in [1.54, 1.807) is 0 Å². The van der Waals surface area contributed by atoms with Crippen molar-refractivity contribution in [3.8, 4) is 11.1 Å². The molecule has 1 heterocycles. The van der Waals surface area contributed by atoms with Crippen LogP contribution in [0.5, 0.6) is 0 Å². The molecule has 0 aliphatic carbocycles. The highest BCUT2D eigenvalue weighted by Gasteiger charge is 2.02. The summed E-state index contributed by atoms with van der Waals surface area (Å²) in [5.74, 6) is 0. The number of benzene rings is 3. The van der Waals surface area contributed by atoms with Crippen LogP contribution in [0.1, 0.15) is 5.56 Å². The summed E-state index contributed by atoms with van der Waals surface area (Å²) < 4.78 is 2.16. The van der Waals surface area contributed by atoms with Gasteiger partial charge in [-0.2, -0.15) is 0 Å². The lowest BCUT2D eigenvalue weighted by molar-refractivity contribution is 1.23. The molecule has 0 bridgehead atoms. The summed E-state index contributed by atoms with van der Waals surface area (Å²) in [6, 6.07) is 29.6. The predicted molar refractivity (Wildman–Crippen MR) is 99.0 cm³/mol. The fourth-order valence-corrected chi connectivity index (χ4v) is 2.83. The van der Waals surface area contributed by atoms with Gasteiger partial charge in [-0.15, -0.1) is 0 Å². The minimum atomic E-state index is 1.20. The van der Waals surface area contributed by atoms with Crippen molar-refractivity contribution in [3.05, 3.63) is 96.7 Å². The topological polar surface area (TPSA) is 4.93 Å². The molecule has 0 unspecified atom stereocenters. The third-order valence-corrected chi connectivity index (χ3v) is 4.05. The van der Waals surface area contributed by atoms with Gasteiger partial charge in [0, 0.05) is 17.8 Å². The summed E-state index contributed by atoms with van der Waals surface area (Å²) in [6.45, 7) is 0.